The number of halogens is 1. The predicted octanol–water partition coefficient (Wildman–Crippen LogP) is 4.21. The first-order valence-electron chi connectivity index (χ1n) is 8.43. The van der Waals surface area contributed by atoms with E-state index in [0.717, 1.165) is 5.56 Å². The molecule has 3 aromatic rings. The van der Waals surface area contributed by atoms with Gasteiger partial charge in [-0.3, -0.25) is 4.79 Å². The van der Waals surface area contributed by atoms with E-state index in [-0.39, 0.29) is 12.5 Å². The van der Waals surface area contributed by atoms with Crippen molar-refractivity contribution in [2.75, 3.05) is 7.05 Å². The van der Waals surface area contributed by atoms with Gasteiger partial charge in [-0.25, -0.2) is 0 Å². The molecule has 0 radical (unpaired) electrons. The van der Waals surface area contributed by atoms with Crippen molar-refractivity contribution in [2.45, 2.75) is 26.0 Å². The lowest BCUT2D eigenvalue weighted by molar-refractivity contribution is -0.145. The second-order valence-electron chi connectivity index (χ2n) is 6.61. The van der Waals surface area contributed by atoms with E-state index in [4.69, 9.17) is 20.9 Å². The lowest BCUT2D eigenvalue weighted by atomic mass is 10.1. The molecule has 0 saturated carbocycles. The minimum Gasteiger partial charge on any atom is -0.478 e. The smallest absolute Gasteiger partial charge is 0.266 e. The lowest BCUT2D eigenvalue weighted by Crippen LogP contribution is -2.47. The number of hydrogen-bond donors (Lipinski definition) is 0. The molecule has 0 bridgehead atoms. The number of carbonyl (C=O) groups excluding carboxylic acids is 1. The molecule has 0 saturated heterocycles. The van der Waals surface area contributed by atoms with Crippen LogP contribution >= 0.6 is 11.6 Å². The third-order valence-corrected chi connectivity index (χ3v) is 4.17. The van der Waals surface area contributed by atoms with Crippen LogP contribution in [0.25, 0.3) is 11.4 Å². The topological polar surface area (TPSA) is 68.5 Å². The molecule has 0 unspecified atom stereocenters. The van der Waals surface area contributed by atoms with Crippen molar-refractivity contribution in [1.82, 2.24) is 15.0 Å². The Morgan fingerprint density at radius 2 is 1.81 bits per heavy atom. The van der Waals surface area contributed by atoms with Crippen molar-refractivity contribution < 1.29 is 14.1 Å². The second-order valence-corrected chi connectivity index (χ2v) is 7.04. The Hall–Kier alpha value is -2.86. The highest BCUT2D eigenvalue weighted by molar-refractivity contribution is 6.30. The number of aromatic nitrogens is 2. The molecule has 1 heterocycles. The van der Waals surface area contributed by atoms with Gasteiger partial charge in [-0.1, -0.05) is 47.1 Å². The molecular weight excluding hydrogens is 366 g/mol. The normalized spacial score (nSPS) is 11.3. The number of amides is 1. The first-order valence-corrected chi connectivity index (χ1v) is 8.81. The minimum absolute atomic E-state index is 0.187. The molecule has 0 aliphatic heterocycles. The van der Waals surface area contributed by atoms with Gasteiger partial charge in [0.25, 0.3) is 5.91 Å². The molecule has 0 atom stereocenters. The maximum atomic E-state index is 12.8. The highest BCUT2D eigenvalue weighted by Gasteiger charge is 2.33. The van der Waals surface area contributed by atoms with Crippen LogP contribution in [0.5, 0.6) is 5.75 Å². The third kappa shape index (κ3) is 4.65. The maximum absolute atomic E-state index is 12.8. The second kappa shape index (κ2) is 7.80. The summed E-state index contributed by atoms with van der Waals surface area (Å²) < 4.78 is 11.1. The van der Waals surface area contributed by atoms with Gasteiger partial charge in [0.2, 0.25) is 11.7 Å². The summed E-state index contributed by atoms with van der Waals surface area (Å²) in [6.45, 7) is 3.61. The molecule has 2 aromatic carbocycles. The molecule has 27 heavy (non-hydrogen) atoms. The van der Waals surface area contributed by atoms with E-state index in [1.807, 2.05) is 30.3 Å². The maximum Gasteiger partial charge on any atom is 0.266 e. The van der Waals surface area contributed by atoms with E-state index >= 15 is 0 Å². The zero-order valence-electron chi connectivity index (χ0n) is 15.3. The van der Waals surface area contributed by atoms with Crippen LogP contribution in [0.2, 0.25) is 5.02 Å². The average Bonchev–Trinajstić information content (AvgIpc) is 3.12. The van der Waals surface area contributed by atoms with Crippen LogP contribution in [0.3, 0.4) is 0 Å². The summed E-state index contributed by atoms with van der Waals surface area (Å²) in [6.07, 6.45) is 0. The highest BCUT2D eigenvalue weighted by atomic mass is 35.5. The monoisotopic (exact) mass is 385 g/mol. The van der Waals surface area contributed by atoms with E-state index in [2.05, 4.69) is 10.1 Å². The Morgan fingerprint density at radius 3 is 2.48 bits per heavy atom. The van der Waals surface area contributed by atoms with Crippen LogP contribution in [-0.4, -0.2) is 33.6 Å². The fourth-order valence-corrected chi connectivity index (χ4v) is 2.72. The minimum atomic E-state index is -1.06. The molecule has 0 spiro atoms. The Morgan fingerprint density at radius 1 is 1.15 bits per heavy atom. The van der Waals surface area contributed by atoms with Crippen molar-refractivity contribution in [2.24, 2.45) is 0 Å². The third-order valence-electron chi connectivity index (χ3n) is 3.92. The van der Waals surface area contributed by atoms with Crippen LogP contribution in [0.15, 0.2) is 59.1 Å². The van der Waals surface area contributed by atoms with E-state index < -0.39 is 5.60 Å². The summed E-state index contributed by atoms with van der Waals surface area (Å²) in [7, 11) is 1.67. The SMILES string of the molecule is CN(Cc1nc(-c2ccccc2)no1)C(=O)C(C)(C)Oc1ccc(Cl)cc1. The number of rotatable bonds is 6. The molecule has 0 fully saturated rings. The lowest BCUT2D eigenvalue weighted by Gasteiger charge is -2.29. The van der Waals surface area contributed by atoms with Crippen molar-refractivity contribution in [1.29, 1.82) is 0 Å². The number of ether oxygens (including phenoxy) is 1. The van der Waals surface area contributed by atoms with Crippen LogP contribution in [0, 0.1) is 0 Å². The fourth-order valence-electron chi connectivity index (χ4n) is 2.60. The summed E-state index contributed by atoms with van der Waals surface area (Å²) in [5, 5.41) is 4.57. The van der Waals surface area contributed by atoms with Crippen molar-refractivity contribution >= 4 is 17.5 Å². The molecule has 140 valence electrons. The van der Waals surface area contributed by atoms with Gasteiger partial charge >= 0.3 is 0 Å². The quantitative estimate of drug-likeness (QED) is 0.635. The van der Waals surface area contributed by atoms with E-state index in [1.54, 1.807) is 45.2 Å². The molecule has 0 aliphatic carbocycles. The summed E-state index contributed by atoms with van der Waals surface area (Å²) in [6, 6.07) is 16.4. The van der Waals surface area contributed by atoms with Crippen LogP contribution < -0.4 is 4.74 Å². The van der Waals surface area contributed by atoms with Gasteiger partial charge in [-0.15, -0.1) is 0 Å². The number of hydrogen-bond acceptors (Lipinski definition) is 5. The summed E-state index contributed by atoms with van der Waals surface area (Å²) in [5.74, 6) is 1.20. The van der Waals surface area contributed by atoms with Gasteiger partial charge in [-0.2, -0.15) is 4.98 Å². The standard InChI is InChI=1S/C20H20ClN3O3/c1-20(2,26-16-11-9-15(21)10-12-16)19(25)24(3)13-17-22-18(23-27-17)14-7-5-4-6-8-14/h4-12H,13H2,1-3H3. The molecule has 0 aliphatic rings. The molecule has 3 rings (SSSR count). The molecular formula is C20H20ClN3O3. The van der Waals surface area contributed by atoms with E-state index in [1.165, 1.54) is 4.90 Å². The zero-order chi connectivity index (χ0) is 19.4. The summed E-state index contributed by atoms with van der Waals surface area (Å²) >= 11 is 5.88. The number of nitrogens with zero attached hydrogens (tertiary/aromatic N) is 3. The molecule has 1 aromatic heterocycles. The van der Waals surface area contributed by atoms with Gasteiger partial charge in [0.05, 0.1) is 6.54 Å². The summed E-state index contributed by atoms with van der Waals surface area (Å²) in [5.41, 5.74) is -0.210. The van der Waals surface area contributed by atoms with Gasteiger partial charge in [0, 0.05) is 17.6 Å². The Labute approximate surface area is 162 Å². The average molecular weight is 386 g/mol. The van der Waals surface area contributed by atoms with E-state index in [0.29, 0.717) is 22.5 Å². The van der Waals surface area contributed by atoms with E-state index in [9.17, 15) is 4.79 Å². The fraction of sp³-hybridized carbons (Fsp3) is 0.250. The Bertz CT molecular complexity index is 908. The largest absolute Gasteiger partial charge is 0.478 e. The van der Waals surface area contributed by atoms with Crippen molar-refractivity contribution in [3.63, 3.8) is 0 Å². The van der Waals surface area contributed by atoms with Gasteiger partial charge in [-0.05, 0) is 38.1 Å². The number of benzene rings is 2. The van der Waals surface area contributed by atoms with Crippen molar-refractivity contribution in [3.8, 4) is 17.1 Å². The van der Waals surface area contributed by atoms with Crippen LogP contribution in [-0.2, 0) is 11.3 Å². The van der Waals surface area contributed by atoms with Gasteiger partial charge in [0.1, 0.15) is 5.75 Å². The van der Waals surface area contributed by atoms with Crippen molar-refractivity contribution in [3.05, 3.63) is 65.5 Å². The number of carbonyl (C=O) groups is 1. The Kier molecular flexibility index (Phi) is 5.46. The molecule has 6 nitrogen and oxygen atoms in total. The first kappa shape index (κ1) is 18.9. The predicted molar refractivity (Wildman–Crippen MR) is 102 cm³/mol. The molecule has 1 amide bonds. The van der Waals surface area contributed by atoms with Crippen LogP contribution in [0.1, 0.15) is 19.7 Å². The highest BCUT2D eigenvalue weighted by Crippen LogP contribution is 2.23. The van der Waals surface area contributed by atoms with Gasteiger partial charge < -0.3 is 14.2 Å². The molecule has 7 heteroatoms. The first-order chi connectivity index (χ1) is 12.8. The Balaban J connectivity index is 1.66. The zero-order valence-corrected chi connectivity index (χ0v) is 16.1. The summed E-state index contributed by atoms with van der Waals surface area (Å²) in [4.78, 5) is 18.7. The molecule has 0 N–H and O–H groups in total. The van der Waals surface area contributed by atoms with Gasteiger partial charge in [0.15, 0.2) is 5.60 Å². The van der Waals surface area contributed by atoms with Crippen LogP contribution in [0.4, 0.5) is 0 Å². The number of likely N-dealkylation sites (N-methyl/N-ethyl adjacent to an activating group) is 1.